The Bertz CT molecular complexity index is 938. The van der Waals surface area contributed by atoms with Gasteiger partial charge in [-0.2, -0.15) is 4.98 Å². The Morgan fingerprint density at radius 1 is 1.14 bits per heavy atom. The molecule has 2 aromatic heterocycles. The fraction of sp³-hybridized carbons (Fsp3) is 0.350. The third kappa shape index (κ3) is 4.98. The summed E-state index contributed by atoms with van der Waals surface area (Å²) in [4.78, 5) is 18.5. The summed E-state index contributed by atoms with van der Waals surface area (Å²) in [7, 11) is 5.64. The van der Waals surface area contributed by atoms with E-state index >= 15 is 0 Å². The van der Waals surface area contributed by atoms with Gasteiger partial charge in [-0.05, 0) is 40.1 Å². The number of aromatic nitrogens is 4. The van der Waals surface area contributed by atoms with Gasteiger partial charge in [-0.25, -0.2) is 9.97 Å². The van der Waals surface area contributed by atoms with E-state index in [1.165, 1.54) is 0 Å². The highest BCUT2D eigenvalue weighted by atomic mass is 16.5. The summed E-state index contributed by atoms with van der Waals surface area (Å²) >= 11 is 0. The smallest absolute Gasteiger partial charge is 0.230 e. The second-order valence-electron chi connectivity index (χ2n) is 6.78. The minimum Gasteiger partial charge on any atom is -0.496 e. The van der Waals surface area contributed by atoms with E-state index < -0.39 is 0 Å². The van der Waals surface area contributed by atoms with Crippen LogP contribution in [0.4, 0.5) is 11.6 Å². The van der Waals surface area contributed by atoms with E-state index in [0.29, 0.717) is 24.2 Å². The Morgan fingerprint density at radius 3 is 2.64 bits per heavy atom. The van der Waals surface area contributed by atoms with Crippen LogP contribution >= 0.6 is 0 Å². The molecule has 0 atom stereocenters. The molecule has 28 heavy (non-hydrogen) atoms. The van der Waals surface area contributed by atoms with Crippen molar-refractivity contribution in [2.75, 3.05) is 39.7 Å². The van der Waals surface area contributed by atoms with E-state index in [0.717, 1.165) is 35.0 Å². The van der Waals surface area contributed by atoms with Crippen molar-refractivity contribution in [3.05, 3.63) is 41.9 Å². The molecular formula is C20H26N6O2. The number of H-pyrrole nitrogens is 1. The molecular weight excluding hydrogens is 356 g/mol. The Hall–Kier alpha value is -3.13. The van der Waals surface area contributed by atoms with Gasteiger partial charge in [0.2, 0.25) is 11.8 Å². The summed E-state index contributed by atoms with van der Waals surface area (Å²) in [6.07, 6.45) is 1.79. The largest absolute Gasteiger partial charge is 0.496 e. The summed E-state index contributed by atoms with van der Waals surface area (Å²) in [5.41, 5.74) is 3.52. The van der Waals surface area contributed by atoms with Crippen LogP contribution < -0.4 is 14.8 Å². The maximum Gasteiger partial charge on any atom is 0.230 e. The number of rotatable bonds is 8. The van der Waals surface area contributed by atoms with Crippen LogP contribution in [0.5, 0.6) is 11.6 Å². The molecule has 0 spiro atoms. The molecule has 2 N–H and O–H groups in total. The van der Waals surface area contributed by atoms with E-state index in [1.54, 1.807) is 13.3 Å². The lowest BCUT2D eigenvalue weighted by Gasteiger charge is -2.13. The van der Waals surface area contributed by atoms with E-state index in [1.807, 2.05) is 52.2 Å². The van der Waals surface area contributed by atoms with Gasteiger partial charge in [-0.3, -0.25) is 0 Å². The standard InChI is InChI=1S/C20H26N6O2/c1-13-10-18(28-9-8-26(3)4)25-20(23-13)24-15-6-7-16(17(11-15)27-5)19-21-12-14(2)22-19/h6-7,10-12H,8-9H2,1-5H3,(H,21,22)(H,23,24,25). The number of aromatic amines is 1. The number of hydrogen-bond acceptors (Lipinski definition) is 7. The highest BCUT2D eigenvalue weighted by Crippen LogP contribution is 2.31. The van der Waals surface area contributed by atoms with Crippen molar-refractivity contribution in [1.29, 1.82) is 0 Å². The second kappa shape index (κ2) is 8.71. The average Bonchev–Trinajstić information content (AvgIpc) is 3.07. The molecule has 0 amide bonds. The number of benzene rings is 1. The SMILES string of the molecule is COc1cc(Nc2nc(C)cc(OCCN(C)C)n2)ccc1-c1ncc(C)[nH]1. The quantitative estimate of drug-likeness (QED) is 0.618. The number of imidazole rings is 1. The zero-order chi connectivity index (χ0) is 20.1. The van der Waals surface area contributed by atoms with Gasteiger partial charge in [0.1, 0.15) is 18.2 Å². The van der Waals surface area contributed by atoms with Crippen molar-refractivity contribution in [3.63, 3.8) is 0 Å². The lowest BCUT2D eigenvalue weighted by molar-refractivity contribution is 0.253. The summed E-state index contributed by atoms with van der Waals surface area (Å²) in [6, 6.07) is 7.60. The number of methoxy groups -OCH3 is 1. The van der Waals surface area contributed by atoms with Crippen LogP contribution in [-0.4, -0.2) is 59.2 Å². The monoisotopic (exact) mass is 382 g/mol. The van der Waals surface area contributed by atoms with Gasteiger partial charge < -0.3 is 24.7 Å². The van der Waals surface area contributed by atoms with Gasteiger partial charge in [0.15, 0.2) is 0 Å². The van der Waals surface area contributed by atoms with Gasteiger partial charge in [0.05, 0.1) is 12.7 Å². The molecule has 0 saturated carbocycles. The Kier molecular flexibility index (Phi) is 6.10. The first-order valence-electron chi connectivity index (χ1n) is 9.05. The number of nitrogens with zero attached hydrogens (tertiary/aromatic N) is 4. The first kappa shape index (κ1) is 19.6. The first-order chi connectivity index (χ1) is 13.4. The highest BCUT2D eigenvalue weighted by Gasteiger charge is 2.11. The van der Waals surface area contributed by atoms with Crippen molar-refractivity contribution in [3.8, 4) is 23.0 Å². The zero-order valence-corrected chi connectivity index (χ0v) is 16.9. The molecule has 8 heteroatoms. The van der Waals surface area contributed by atoms with Crippen molar-refractivity contribution in [2.24, 2.45) is 0 Å². The van der Waals surface area contributed by atoms with Crippen molar-refractivity contribution in [1.82, 2.24) is 24.8 Å². The molecule has 8 nitrogen and oxygen atoms in total. The van der Waals surface area contributed by atoms with E-state index in [2.05, 4.69) is 30.2 Å². The summed E-state index contributed by atoms with van der Waals surface area (Å²) in [6.45, 7) is 5.26. The van der Waals surface area contributed by atoms with Crippen molar-refractivity contribution >= 4 is 11.6 Å². The lowest BCUT2D eigenvalue weighted by atomic mass is 10.1. The number of nitrogens with one attached hydrogen (secondary N) is 2. The van der Waals surface area contributed by atoms with Crippen LogP contribution in [0.2, 0.25) is 0 Å². The van der Waals surface area contributed by atoms with Gasteiger partial charge in [-0.15, -0.1) is 0 Å². The van der Waals surface area contributed by atoms with Crippen LogP contribution in [0.1, 0.15) is 11.4 Å². The number of aryl methyl sites for hydroxylation is 2. The molecule has 3 rings (SSSR count). The molecule has 0 radical (unpaired) electrons. The van der Waals surface area contributed by atoms with Gasteiger partial charge >= 0.3 is 0 Å². The Morgan fingerprint density at radius 2 is 1.96 bits per heavy atom. The van der Waals surface area contributed by atoms with Gasteiger partial charge in [0, 0.05) is 41.9 Å². The van der Waals surface area contributed by atoms with Gasteiger partial charge in [0.25, 0.3) is 0 Å². The van der Waals surface area contributed by atoms with Crippen molar-refractivity contribution < 1.29 is 9.47 Å². The number of anilines is 2. The summed E-state index contributed by atoms with van der Waals surface area (Å²) in [5, 5.41) is 3.22. The molecule has 0 aliphatic rings. The number of ether oxygens (including phenoxy) is 2. The average molecular weight is 382 g/mol. The van der Waals surface area contributed by atoms with Gasteiger partial charge in [-0.1, -0.05) is 0 Å². The van der Waals surface area contributed by atoms with Crippen LogP contribution in [0.3, 0.4) is 0 Å². The van der Waals surface area contributed by atoms with E-state index in [4.69, 9.17) is 9.47 Å². The molecule has 0 aliphatic heterocycles. The fourth-order valence-electron chi connectivity index (χ4n) is 2.65. The van der Waals surface area contributed by atoms with Crippen LogP contribution in [-0.2, 0) is 0 Å². The third-order valence-corrected chi connectivity index (χ3v) is 4.03. The lowest BCUT2D eigenvalue weighted by Crippen LogP contribution is -2.19. The predicted octanol–water partition coefficient (Wildman–Crippen LogP) is 3.18. The maximum atomic E-state index is 5.73. The third-order valence-electron chi connectivity index (χ3n) is 4.03. The number of hydrogen-bond donors (Lipinski definition) is 2. The molecule has 0 aliphatic carbocycles. The van der Waals surface area contributed by atoms with Crippen molar-refractivity contribution in [2.45, 2.75) is 13.8 Å². The molecule has 3 aromatic rings. The first-order valence-corrected chi connectivity index (χ1v) is 9.05. The summed E-state index contributed by atoms with van der Waals surface area (Å²) < 4.78 is 11.3. The molecule has 0 bridgehead atoms. The molecule has 2 heterocycles. The Balaban J connectivity index is 1.78. The minimum atomic E-state index is 0.475. The van der Waals surface area contributed by atoms with Crippen LogP contribution in [0, 0.1) is 13.8 Å². The second-order valence-corrected chi connectivity index (χ2v) is 6.78. The zero-order valence-electron chi connectivity index (χ0n) is 16.9. The molecule has 0 fully saturated rings. The normalized spacial score (nSPS) is 10.9. The molecule has 0 unspecified atom stereocenters. The topological polar surface area (TPSA) is 88.2 Å². The highest BCUT2D eigenvalue weighted by molar-refractivity contribution is 5.70. The predicted molar refractivity (Wildman–Crippen MR) is 109 cm³/mol. The van der Waals surface area contributed by atoms with Crippen LogP contribution in [0.25, 0.3) is 11.4 Å². The molecule has 0 saturated heterocycles. The van der Waals surface area contributed by atoms with E-state index in [9.17, 15) is 0 Å². The minimum absolute atomic E-state index is 0.475. The Labute approximate surface area is 165 Å². The van der Waals surface area contributed by atoms with Crippen LogP contribution in [0.15, 0.2) is 30.5 Å². The maximum absolute atomic E-state index is 5.73. The summed E-state index contributed by atoms with van der Waals surface area (Å²) in [5.74, 6) is 2.49. The molecule has 1 aromatic carbocycles. The molecule has 148 valence electrons. The number of likely N-dealkylation sites (N-methyl/N-ethyl adjacent to an activating group) is 1. The van der Waals surface area contributed by atoms with E-state index in [-0.39, 0.29) is 0 Å². The fourth-order valence-corrected chi connectivity index (χ4v) is 2.65.